The summed E-state index contributed by atoms with van der Waals surface area (Å²) in [5.74, 6) is -0.903. The lowest BCUT2D eigenvalue weighted by molar-refractivity contribution is -0.384. The number of carbonyl (C=O) groups excluding carboxylic acids is 2. The Morgan fingerprint density at radius 2 is 1.78 bits per heavy atom. The second-order valence-electron chi connectivity index (χ2n) is 5.43. The van der Waals surface area contributed by atoms with Crippen molar-refractivity contribution in [1.29, 1.82) is 0 Å². The molecular formula is C18H17ClN2O5S. The molecule has 0 aliphatic rings. The molecule has 1 N–H and O–H groups in total. The van der Waals surface area contributed by atoms with Crippen LogP contribution in [0.3, 0.4) is 0 Å². The van der Waals surface area contributed by atoms with Gasteiger partial charge in [0.25, 0.3) is 11.6 Å². The number of hydrogen-bond acceptors (Lipinski definition) is 6. The van der Waals surface area contributed by atoms with Crippen molar-refractivity contribution >= 4 is 40.9 Å². The molecule has 0 fully saturated rings. The fourth-order valence-corrected chi connectivity index (χ4v) is 2.86. The number of halogens is 1. The highest BCUT2D eigenvalue weighted by Crippen LogP contribution is 2.21. The largest absolute Gasteiger partial charge is 0.455 e. The molecular weight excluding hydrogens is 392 g/mol. The number of amides is 1. The minimum atomic E-state index is -0.536. The van der Waals surface area contributed by atoms with Crippen molar-refractivity contribution < 1.29 is 19.2 Å². The zero-order chi connectivity index (χ0) is 19.6. The Hall–Kier alpha value is -2.58. The molecule has 0 bridgehead atoms. The number of nitrogens with zero attached hydrogens (tertiary/aromatic N) is 1. The Kier molecular flexibility index (Phi) is 8.09. The number of ether oxygens (including phenoxy) is 1. The van der Waals surface area contributed by atoms with Gasteiger partial charge in [-0.2, -0.15) is 0 Å². The van der Waals surface area contributed by atoms with Gasteiger partial charge >= 0.3 is 5.97 Å². The average molecular weight is 409 g/mol. The summed E-state index contributed by atoms with van der Waals surface area (Å²) >= 11 is 6.98. The Bertz CT molecular complexity index is 796. The summed E-state index contributed by atoms with van der Waals surface area (Å²) in [6, 6.07) is 13.2. The maximum absolute atomic E-state index is 11.7. The van der Waals surface area contributed by atoms with Gasteiger partial charge in [0.2, 0.25) is 0 Å². The van der Waals surface area contributed by atoms with Crippen LogP contribution in [0.1, 0.15) is 5.56 Å². The first-order chi connectivity index (χ1) is 12.9. The monoisotopic (exact) mass is 408 g/mol. The summed E-state index contributed by atoms with van der Waals surface area (Å²) in [7, 11) is 0. The number of thioether (sulfide) groups is 1. The van der Waals surface area contributed by atoms with E-state index >= 15 is 0 Å². The summed E-state index contributed by atoms with van der Waals surface area (Å²) < 4.78 is 4.91. The number of non-ortho nitro benzene ring substituents is 1. The summed E-state index contributed by atoms with van der Waals surface area (Å²) in [6.45, 7) is 0.0792. The molecule has 2 aromatic rings. The molecule has 0 unspecified atom stereocenters. The van der Waals surface area contributed by atoms with Gasteiger partial charge in [-0.3, -0.25) is 19.7 Å². The van der Waals surface area contributed by atoms with Gasteiger partial charge in [-0.25, -0.2) is 0 Å². The van der Waals surface area contributed by atoms with Gasteiger partial charge in [-0.15, -0.1) is 11.8 Å². The zero-order valence-electron chi connectivity index (χ0n) is 14.2. The summed E-state index contributed by atoms with van der Waals surface area (Å²) in [5, 5.41) is 13.9. The number of carbonyl (C=O) groups is 2. The number of esters is 1. The number of nitro groups is 1. The van der Waals surface area contributed by atoms with Crippen LogP contribution in [0.5, 0.6) is 0 Å². The van der Waals surface area contributed by atoms with Crippen LogP contribution in [0.2, 0.25) is 5.02 Å². The van der Waals surface area contributed by atoms with E-state index in [2.05, 4.69) is 5.32 Å². The van der Waals surface area contributed by atoms with Crippen LogP contribution >= 0.6 is 23.4 Å². The molecule has 0 atom stereocenters. The van der Waals surface area contributed by atoms with E-state index in [1.165, 1.54) is 23.9 Å². The third-order valence-electron chi connectivity index (χ3n) is 3.42. The first-order valence-electron chi connectivity index (χ1n) is 7.98. The number of hydrogen-bond donors (Lipinski definition) is 1. The maximum atomic E-state index is 11.7. The van der Waals surface area contributed by atoms with Crippen molar-refractivity contribution in [3.63, 3.8) is 0 Å². The first-order valence-corrected chi connectivity index (χ1v) is 9.34. The van der Waals surface area contributed by atoms with Gasteiger partial charge in [-0.05, 0) is 36.2 Å². The average Bonchev–Trinajstić information content (AvgIpc) is 2.66. The highest BCUT2D eigenvalue weighted by atomic mass is 35.5. The standard InChI is InChI=1S/C18H17ClN2O5S/c19-14-3-1-13(2-4-14)9-10-20-17(22)11-26-18(23)12-27-16-7-5-15(6-8-16)21(24)25/h1-8H,9-12H2,(H,20,22). The maximum Gasteiger partial charge on any atom is 0.316 e. The quantitative estimate of drug-likeness (QED) is 0.296. The van der Waals surface area contributed by atoms with Crippen molar-refractivity contribution in [2.24, 2.45) is 0 Å². The first kappa shape index (κ1) is 20.7. The normalized spacial score (nSPS) is 10.3. The van der Waals surface area contributed by atoms with Gasteiger partial charge in [-0.1, -0.05) is 23.7 Å². The van der Waals surface area contributed by atoms with Gasteiger partial charge < -0.3 is 10.1 Å². The van der Waals surface area contributed by atoms with Crippen LogP contribution < -0.4 is 5.32 Å². The minimum Gasteiger partial charge on any atom is -0.455 e. The molecule has 0 saturated carbocycles. The fourth-order valence-electron chi connectivity index (χ4n) is 2.04. The van der Waals surface area contributed by atoms with Crippen molar-refractivity contribution in [3.8, 4) is 0 Å². The minimum absolute atomic E-state index is 0.00979. The lowest BCUT2D eigenvalue weighted by atomic mass is 10.1. The highest BCUT2D eigenvalue weighted by molar-refractivity contribution is 8.00. The van der Waals surface area contributed by atoms with E-state index < -0.39 is 10.9 Å². The number of nitro benzene ring substituents is 1. The van der Waals surface area contributed by atoms with Crippen molar-refractivity contribution in [2.75, 3.05) is 18.9 Å². The van der Waals surface area contributed by atoms with Crippen molar-refractivity contribution in [2.45, 2.75) is 11.3 Å². The third kappa shape index (κ3) is 7.67. The number of benzene rings is 2. The molecule has 27 heavy (non-hydrogen) atoms. The lowest BCUT2D eigenvalue weighted by Crippen LogP contribution is -2.30. The molecule has 0 aliphatic carbocycles. The van der Waals surface area contributed by atoms with Crippen LogP contribution in [0.15, 0.2) is 53.4 Å². The van der Waals surface area contributed by atoms with Gasteiger partial charge in [0.15, 0.2) is 6.61 Å². The molecule has 2 aromatic carbocycles. The van der Waals surface area contributed by atoms with Gasteiger partial charge in [0, 0.05) is 28.6 Å². The van der Waals surface area contributed by atoms with E-state index in [-0.39, 0.29) is 24.0 Å². The Balaban J connectivity index is 1.62. The lowest BCUT2D eigenvalue weighted by Gasteiger charge is -2.07. The topological polar surface area (TPSA) is 98.5 Å². The molecule has 0 spiro atoms. The van der Waals surface area contributed by atoms with Gasteiger partial charge in [0.1, 0.15) is 0 Å². The predicted octanol–water partition coefficient (Wildman–Crippen LogP) is 3.24. The molecule has 0 aromatic heterocycles. The molecule has 1 amide bonds. The molecule has 7 nitrogen and oxygen atoms in total. The Morgan fingerprint density at radius 3 is 2.41 bits per heavy atom. The molecule has 0 saturated heterocycles. The van der Waals surface area contributed by atoms with E-state index in [1.807, 2.05) is 12.1 Å². The van der Waals surface area contributed by atoms with Crippen LogP contribution in [0.4, 0.5) is 5.69 Å². The van der Waals surface area contributed by atoms with Crippen molar-refractivity contribution in [3.05, 3.63) is 69.2 Å². The third-order valence-corrected chi connectivity index (χ3v) is 4.66. The summed E-state index contributed by atoms with van der Waals surface area (Å²) in [5.41, 5.74) is 1.02. The van der Waals surface area contributed by atoms with E-state index in [0.29, 0.717) is 22.9 Å². The van der Waals surface area contributed by atoms with Crippen LogP contribution in [-0.2, 0) is 20.7 Å². The fraction of sp³-hybridized carbons (Fsp3) is 0.222. The zero-order valence-corrected chi connectivity index (χ0v) is 15.8. The van der Waals surface area contributed by atoms with Crippen LogP contribution in [-0.4, -0.2) is 35.7 Å². The summed E-state index contributed by atoms with van der Waals surface area (Å²) in [6.07, 6.45) is 0.646. The molecule has 142 valence electrons. The molecule has 0 heterocycles. The van der Waals surface area contributed by atoms with E-state index in [1.54, 1.807) is 24.3 Å². The molecule has 2 rings (SSSR count). The molecule has 0 radical (unpaired) electrons. The highest BCUT2D eigenvalue weighted by Gasteiger charge is 2.09. The van der Waals surface area contributed by atoms with Crippen molar-refractivity contribution in [1.82, 2.24) is 5.32 Å². The predicted molar refractivity (Wildman–Crippen MR) is 103 cm³/mol. The molecule has 0 aliphatic heterocycles. The van der Waals surface area contributed by atoms with E-state index in [9.17, 15) is 19.7 Å². The second-order valence-corrected chi connectivity index (χ2v) is 6.91. The SMILES string of the molecule is O=C(COC(=O)CSc1ccc([N+](=O)[O-])cc1)NCCc1ccc(Cl)cc1. The van der Waals surface area contributed by atoms with Crippen LogP contribution in [0.25, 0.3) is 0 Å². The van der Waals surface area contributed by atoms with E-state index in [0.717, 1.165) is 5.56 Å². The number of nitrogens with one attached hydrogen (secondary N) is 1. The number of rotatable bonds is 9. The van der Waals surface area contributed by atoms with E-state index in [4.69, 9.17) is 16.3 Å². The second kappa shape index (κ2) is 10.5. The Labute approximate surface area is 165 Å². The van der Waals surface area contributed by atoms with Crippen LogP contribution in [0, 0.1) is 10.1 Å². The molecule has 9 heteroatoms. The summed E-state index contributed by atoms with van der Waals surface area (Å²) in [4.78, 5) is 34.2. The Morgan fingerprint density at radius 1 is 1.11 bits per heavy atom. The van der Waals surface area contributed by atoms with Gasteiger partial charge in [0.05, 0.1) is 10.7 Å². The smallest absolute Gasteiger partial charge is 0.316 e.